The number of hydrogen-bond acceptors (Lipinski definition) is 4. The normalized spacial score (nSPS) is 14.1. The Morgan fingerprint density at radius 2 is 2.25 bits per heavy atom. The van der Waals surface area contributed by atoms with Gasteiger partial charge >= 0.3 is 6.36 Å². The Morgan fingerprint density at radius 3 is 2.75 bits per heavy atom. The van der Waals surface area contributed by atoms with Gasteiger partial charge < -0.3 is 9.88 Å². The van der Waals surface area contributed by atoms with E-state index in [0.29, 0.717) is 5.82 Å². The molecule has 0 fully saturated rings. The predicted octanol–water partition coefficient (Wildman–Crippen LogP) is 1.00. The number of halogens is 3. The van der Waals surface area contributed by atoms with E-state index in [2.05, 4.69) is 20.3 Å². The molecule has 0 radical (unpaired) electrons. The maximum absolute atomic E-state index is 11.6. The summed E-state index contributed by atoms with van der Waals surface area (Å²) < 4.78 is 40.2. The van der Waals surface area contributed by atoms with E-state index in [1.807, 2.05) is 0 Å². The molecule has 5 nitrogen and oxygen atoms in total. The van der Waals surface area contributed by atoms with Crippen molar-refractivity contribution in [3.05, 3.63) is 12.2 Å². The zero-order chi connectivity index (χ0) is 12.2. The zero-order valence-electron chi connectivity index (χ0n) is 8.95. The van der Waals surface area contributed by atoms with Crippen LogP contribution in [0.25, 0.3) is 0 Å². The smallest absolute Gasteiger partial charge is 0.319 e. The first kappa shape index (κ1) is 12.9. The average molecular weight is 238 g/mol. The fourth-order valence-electron chi connectivity index (χ4n) is 1.22. The molecule has 0 aliphatic carbocycles. The lowest BCUT2D eigenvalue weighted by atomic mass is 10.3. The Bertz CT molecular complexity index is 325. The Morgan fingerprint density at radius 1 is 1.56 bits per heavy atom. The molecule has 0 saturated heterocycles. The fourth-order valence-corrected chi connectivity index (χ4v) is 1.22. The van der Waals surface area contributed by atoms with Gasteiger partial charge in [-0.1, -0.05) is 0 Å². The van der Waals surface area contributed by atoms with E-state index in [9.17, 15) is 13.2 Å². The first-order valence-electron chi connectivity index (χ1n) is 4.68. The van der Waals surface area contributed by atoms with Crippen molar-refractivity contribution in [2.45, 2.75) is 19.3 Å². The van der Waals surface area contributed by atoms with Gasteiger partial charge in [-0.05, 0) is 6.92 Å². The van der Waals surface area contributed by atoms with E-state index >= 15 is 0 Å². The second-order valence-corrected chi connectivity index (χ2v) is 3.27. The third-order valence-corrected chi connectivity index (χ3v) is 1.95. The predicted molar refractivity (Wildman–Crippen MR) is 49.4 cm³/mol. The Labute approximate surface area is 90.6 Å². The molecule has 1 atom stereocenters. The van der Waals surface area contributed by atoms with Crippen molar-refractivity contribution < 1.29 is 17.9 Å². The van der Waals surface area contributed by atoms with E-state index in [0.717, 1.165) is 0 Å². The van der Waals surface area contributed by atoms with Gasteiger partial charge in [0.05, 0.1) is 12.6 Å². The fraction of sp³-hybridized carbons (Fsp3) is 0.750. The Balaban J connectivity index is 2.26. The first-order chi connectivity index (χ1) is 7.40. The summed E-state index contributed by atoms with van der Waals surface area (Å²) in [7, 11) is 1.76. The Hall–Kier alpha value is -1.15. The summed E-state index contributed by atoms with van der Waals surface area (Å²) in [6.07, 6.45) is -3.05. The van der Waals surface area contributed by atoms with E-state index in [1.54, 1.807) is 18.5 Å². The van der Waals surface area contributed by atoms with Gasteiger partial charge in [-0.15, -0.1) is 23.4 Å². The van der Waals surface area contributed by atoms with Crippen molar-refractivity contribution in [1.29, 1.82) is 0 Å². The van der Waals surface area contributed by atoms with Crippen LogP contribution in [0.15, 0.2) is 6.33 Å². The summed E-state index contributed by atoms with van der Waals surface area (Å²) in [4.78, 5) is 0. The number of nitrogens with zero attached hydrogens (tertiary/aromatic N) is 3. The van der Waals surface area contributed by atoms with Crippen LogP contribution in [0.1, 0.15) is 18.8 Å². The second kappa shape index (κ2) is 5.26. The third kappa shape index (κ3) is 4.15. The van der Waals surface area contributed by atoms with Gasteiger partial charge in [0.25, 0.3) is 0 Å². The molecule has 92 valence electrons. The van der Waals surface area contributed by atoms with Crippen LogP contribution in [0.2, 0.25) is 0 Å². The standard InChI is InChI=1S/C8H13F3N4O/c1-6(7-14-13-5-15(7)2)12-3-4-16-8(9,10)11/h5-6,12H,3-4H2,1-2H3. The van der Waals surface area contributed by atoms with Crippen LogP contribution in [0.5, 0.6) is 0 Å². The lowest BCUT2D eigenvalue weighted by Gasteiger charge is -2.13. The monoisotopic (exact) mass is 238 g/mol. The van der Waals surface area contributed by atoms with E-state index in [1.165, 1.54) is 6.33 Å². The van der Waals surface area contributed by atoms with Crippen LogP contribution >= 0.6 is 0 Å². The molecule has 1 heterocycles. The molecule has 1 unspecified atom stereocenters. The number of rotatable bonds is 5. The molecule has 1 aromatic heterocycles. The quantitative estimate of drug-likeness (QED) is 0.777. The number of ether oxygens (including phenoxy) is 1. The summed E-state index contributed by atoms with van der Waals surface area (Å²) in [5, 5.41) is 10.4. The van der Waals surface area contributed by atoms with Gasteiger partial charge in [-0.3, -0.25) is 4.74 Å². The van der Waals surface area contributed by atoms with Crippen molar-refractivity contribution in [1.82, 2.24) is 20.1 Å². The van der Waals surface area contributed by atoms with E-state index in [4.69, 9.17) is 0 Å². The van der Waals surface area contributed by atoms with Crippen molar-refractivity contribution in [2.24, 2.45) is 7.05 Å². The molecule has 0 spiro atoms. The highest BCUT2D eigenvalue weighted by molar-refractivity contribution is 4.91. The van der Waals surface area contributed by atoms with Crippen molar-refractivity contribution in [3.63, 3.8) is 0 Å². The van der Waals surface area contributed by atoms with Crippen LogP contribution in [0.3, 0.4) is 0 Å². The van der Waals surface area contributed by atoms with Gasteiger partial charge in [0.15, 0.2) is 0 Å². The molecule has 0 aliphatic rings. The summed E-state index contributed by atoms with van der Waals surface area (Å²) in [6, 6.07) is -0.177. The highest BCUT2D eigenvalue weighted by atomic mass is 19.4. The van der Waals surface area contributed by atoms with Crippen molar-refractivity contribution in [2.75, 3.05) is 13.2 Å². The molecule has 0 aliphatic heterocycles. The van der Waals surface area contributed by atoms with Gasteiger partial charge in [0.2, 0.25) is 0 Å². The number of nitrogens with one attached hydrogen (secondary N) is 1. The van der Waals surface area contributed by atoms with Crippen LogP contribution < -0.4 is 5.32 Å². The Kier molecular flexibility index (Phi) is 4.25. The molecule has 1 N–H and O–H groups in total. The van der Waals surface area contributed by atoms with Crippen LogP contribution in [0.4, 0.5) is 13.2 Å². The summed E-state index contributed by atoms with van der Waals surface area (Å²) in [5.74, 6) is 0.659. The lowest BCUT2D eigenvalue weighted by molar-refractivity contribution is -0.323. The molecule has 0 amide bonds. The molecule has 1 rings (SSSR count). The van der Waals surface area contributed by atoms with Crippen LogP contribution in [0, 0.1) is 0 Å². The number of aromatic nitrogens is 3. The second-order valence-electron chi connectivity index (χ2n) is 3.27. The molecule has 0 aromatic carbocycles. The first-order valence-corrected chi connectivity index (χ1v) is 4.68. The van der Waals surface area contributed by atoms with Crippen molar-refractivity contribution >= 4 is 0 Å². The molecule has 0 saturated carbocycles. The highest BCUT2D eigenvalue weighted by Crippen LogP contribution is 2.15. The average Bonchev–Trinajstić information content (AvgIpc) is 2.57. The van der Waals surface area contributed by atoms with Crippen LogP contribution in [-0.2, 0) is 11.8 Å². The summed E-state index contributed by atoms with van der Waals surface area (Å²) in [5.41, 5.74) is 0. The topological polar surface area (TPSA) is 52.0 Å². The number of hydrogen-bond donors (Lipinski definition) is 1. The van der Waals surface area contributed by atoms with Gasteiger partial charge in [-0.25, -0.2) is 0 Å². The van der Waals surface area contributed by atoms with E-state index in [-0.39, 0.29) is 12.6 Å². The third-order valence-electron chi connectivity index (χ3n) is 1.95. The van der Waals surface area contributed by atoms with Gasteiger partial charge in [0.1, 0.15) is 12.2 Å². The largest absolute Gasteiger partial charge is 0.522 e. The maximum atomic E-state index is 11.6. The van der Waals surface area contributed by atoms with Crippen LogP contribution in [-0.4, -0.2) is 34.3 Å². The number of alkyl halides is 3. The SMILES string of the molecule is CC(NCCOC(F)(F)F)c1nncn1C. The molecule has 0 bridgehead atoms. The van der Waals surface area contributed by atoms with Crippen molar-refractivity contribution in [3.8, 4) is 0 Å². The maximum Gasteiger partial charge on any atom is 0.522 e. The molecule has 16 heavy (non-hydrogen) atoms. The number of aryl methyl sites for hydroxylation is 1. The molecular weight excluding hydrogens is 225 g/mol. The minimum Gasteiger partial charge on any atom is -0.319 e. The minimum absolute atomic E-state index is 0.0908. The molecule has 8 heteroatoms. The van der Waals surface area contributed by atoms with Gasteiger partial charge in [0, 0.05) is 13.6 Å². The highest BCUT2D eigenvalue weighted by Gasteiger charge is 2.28. The zero-order valence-corrected chi connectivity index (χ0v) is 8.95. The van der Waals surface area contributed by atoms with Gasteiger partial charge in [-0.2, -0.15) is 0 Å². The molecular formula is C8H13F3N4O. The summed E-state index contributed by atoms with van der Waals surface area (Å²) >= 11 is 0. The molecule has 1 aromatic rings. The minimum atomic E-state index is -4.57. The van der Waals surface area contributed by atoms with E-state index < -0.39 is 13.0 Å². The summed E-state index contributed by atoms with van der Waals surface area (Å²) in [6.45, 7) is 1.46. The lowest BCUT2D eigenvalue weighted by Crippen LogP contribution is -2.27.